The van der Waals surface area contributed by atoms with Crippen molar-refractivity contribution in [2.75, 3.05) is 42.7 Å². The van der Waals surface area contributed by atoms with Gasteiger partial charge in [0.2, 0.25) is 0 Å². The number of esters is 6. The molecule has 2 aromatic heterocycles. The van der Waals surface area contributed by atoms with Crippen LogP contribution in [0.25, 0.3) is 22.5 Å². The minimum atomic E-state index is -1.22. The van der Waals surface area contributed by atoms with Gasteiger partial charge in [0.25, 0.3) is 0 Å². The normalized spacial score (nSPS) is 13.9. The van der Waals surface area contributed by atoms with Gasteiger partial charge in [0.1, 0.15) is 92.7 Å². The number of oxime groups is 1. The third-order valence-corrected chi connectivity index (χ3v) is 19.2. The average molecular weight is 1630 g/mol. The Morgan fingerprint density at radius 3 is 1.13 bits per heavy atom. The number of phenols is 1. The van der Waals surface area contributed by atoms with E-state index in [1.54, 1.807) is 66.7 Å². The molecule has 9 aromatic rings. The lowest BCUT2D eigenvalue weighted by Gasteiger charge is -2.16. The summed E-state index contributed by atoms with van der Waals surface area (Å²) in [4.78, 5) is 91.7. The second kappa shape index (κ2) is 43.7. The van der Waals surface area contributed by atoms with E-state index in [-0.39, 0.29) is 110 Å². The van der Waals surface area contributed by atoms with Crippen LogP contribution in [0.2, 0.25) is 0 Å². The highest BCUT2D eigenvalue weighted by Gasteiger charge is 2.38. The molecular weight excluding hydrogens is 1550 g/mol. The van der Waals surface area contributed by atoms with Gasteiger partial charge in [-0.15, -0.1) is 12.8 Å². The number of carboxylic acid groups (broad SMARTS) is 2. The van der Waals surface area contributed by atoms with Crippen LogP contribution in [0.1, 0.15) is 149 Å². The van der Waals surface area contributed by atoms with Crippen molar-refractivity contribution in [2.45, 2.75) is 101 Å². The minimum absolute atomic E-state index is 0.000659. The number of carboxylic acids is 2. The summed E-state index contributed by atoms with van der Waals surface area (Å²) in [5, 5.41) is 44.4. The van der Waals surface area contributed by atoms with Crippen molar-refractivity contribution >= 4 is 64.5 Å². The maximum Gasteiger partial charge on any atom is 0.389 e. The highest BCUT2D eigenvalue weighted by atomic mass is 35.5. The van der Waals surface area contributed by atoms with Crippen molar-refractivity contribution in [3.05, 3.63) is 221 Å². The van der Waals surface area contributed by atoms with E-state index in [1.807, 2.05) is 36.3 Å². The topological polar surface area (TPSA) is 365 Å². The fourth-order valence-electron chi connectivity index (χ4n) is 12.5. The second-order valence-corrected chi connectivity index (χ2v) is 27.2. The van der Waals surface area contributed by atoms with E-state index >= 15 is 0 Å². The summed E-state index contributed by atoms with van der Waals surface area (Å²) >= 11 is 5.43. The van der Waals surface area contributed by atoms with Crippen LogP contribution in [-0.2, 0) is 43.0 Å². The maximum atomic E-state index is 14.4. The second-order valence-electron chi connectivity index (χ2n) is 26.9. The average Bonchev–Trinajstić information content (AvgIpc) is 1.67. The summed E-state index contributed by atoms with van der Waals surface area (Å²) in [5.41, 5.74) is 3.78. The molecule has 4 atom stereocenters. The summed E-state index contributed by atoms with van der Waals surface area (Å²) in [6.45, 7) is 0. The van der Waals surface area contributed by atoms with Gasteiger partial charge < -0.3 is 72.2 Å². The number of carbonyl (C=O) groups is 8. The molecule has 0 unspecified atom stereocenters. The summed E-state index contributed by atoms with van der Waals surface area (Å²) in [6, 6.07) is 40.4. The van der Waals surface area contributed by atoms with E-state index in [2.05, 4.69) is 21.9 Å². The molecule has 0 amide bonds. The molecule has 4 N–H and O–H groups in total. The summed E-state index contributed by atoms with van der Waals surface area (Å²) in [7, 11) is 8.51. The van der Waals surface area contributed by atoms with Crippen LogP contribution in [0, 0.1) is 65.8 Å². The van der Waals surface area contributed by atoms with Gasteiger partial charge in [-0.1, -0.05) is 75.6 Å². The van der Waals surface area contributed by atoms with Crippen molar-refractivity contribution in [3.8, 4) is 87.4 Å². The molecule has 0 radical (unpaired) electrons. The number of aliphatic carboxylic acids is 2. The molecule has 4 aliphatic carbocycles. The van der Waals surface area contributed by atoms with Gasteiger partial charge in [-0.3, -0.25) is 19.2 Å². The lowest BCUT2D eigenvalue weighted by Crippen LogP contribution is -2.12. The predicted molar refractivity (Wildman–Crippen MR) is 416 cm³/mol. The Balaban J connectivity index is 0.000000186. The Hall–Kier alpha value is -13.4. The number of carbonyl (C=O) groups excluding carboxylic acids is 6. The summed E-state index contributed by atoms with van der Waals surface area (Å²) in [5.74, 6) is 1.04. The molecule has 0 aliphatic heterocycles. The van der Waals surface area contributed by atoms with Crippen LogP contribution < -0.4 is 28.4 Å². The standard InChI is InChI=1S/C24H22FNO6.C23H20FNO6.C16H16O4.C13H16O3.C8H7ClFNO2.C3H2O2/c1-29-16-8-9-21(25)19(11-16)23-20(13-31-26-23)24(28)32-17-5-3-4-15(10-17)18(14-6-7-14)12-22(27)30-2;1-29-15-7-8-20(24)18(10-15)22-19(12-30-25-22)23(28)31-16-4-2-3-14(9-16)17(11-21(26)27)13-5-6-13;1-3-15(17)20-13-6-4-5-12(9-13)14(11-7-8-11)10-16(18)19-2;1-16-13(15)8-12(9-5-6-9)10-3-2-4-11(14)7-10;1-13-5-2-3-7(10)6(4-5)8(9)11-12;1-2-3(4)5/h3-5,8-11,13-14,18H,6-7,12H2,1-2H3;2-4,7-10,12-13,17H,5-6,11H2,1H3,(H,26,27);1,4-6,9,11,14H,7-8,10H2,2H3;2-4,7,9,12,14H,5-6,8H2,1H3;2-4,12H,1H3;1H,(H,4,5)/b;;;;11-8-;/t18-;17-;14-;12-;;/m0000../s1. The molecule has 4 fully saturated rings. The van der Waals surface area contributed by atoms with Crippen molar-refractivity contribution in [2.24, 2.45) is 28.8 Å². The summed E-state index contributed by atoms with van der Waals surface area (Å²) in [6.07, 6.45) is 21.1. The van der Waals surface area contributed by atoms with E-state index in [0.717, 1.165) is 86.1 Å². The number of methoxy groups -OCH3 is 6. The first-order valence-electron chi connectivity index (χ1n) is 36.4. The van der Waals surface area contributed by atoms with Crippen LogP contribution in [0.3, 0.4) is 0 Å². The molecule has 612 valence electrons. The molecule has 117 heavy (non-hydrogen) atoms. The number of ether oxygens (including phenoxy) is 9. The molecule has 0 spiro atoms. The number of aromatic hydroxyl groups is 1. The van der Waals surface area contributed by atoms with Gasteiger partial charge in [-0.2, -0.15) is 0 Å². The highest BCUT2D eigenvalue weighted by molar-refractivity contribution is 6.69. The fraction of sp³-hybridized carbons (Fsp3) is 0.299. The Kier molecular flexibility index (Phi) is 33.3. The number of terminal acetylenes is 2. The number of nitrogens with zero attached hydrogens (tertiary/aromatic N) is 3. The Labute approximate surface area is 675 Å². The van der Waals surface area contributed by atoms with Crippen LogP contribution >= 0.6 is 11.6 Å². The van der Waals surface area contributed by atoms with Gasteiger partial charge in [-0.25, -0.2) is 32.3 Å². The summed E-state index contributed by atoms with van der Waals surface area (Å²) < 4.78 is 96.9. The molecule has 7 aromatic carbocycles. The Morgan fingerprint density at radius 1 is 0.462 bits per heavy atom. The lowest BCUT2D eigenvalue weighted by atomic mass is 9.91. The molecule has 13 rings (SSSR count). The van der Waals surface area contributed by atoms with Gasteiger partial charge in [0.05, 0.1) is 73.9 Å². The Morgan fingerprint density at radius 2 is 0.803 bits per heavy atom. The SMILES string of the molecule is C#CC(=O)O.C#CC(=O)Oc1cccc([C@@H](CC(=O)OC)C2CC2)c1.COC(=O)C[C@H](c1cccc(O)c1)C1CC1.COC(=O)C[C@H](c1cccc(OC(=O)c2conc2-c2cc(OC)ccc2F)c1)C1CC1.COc1ccc(F)c(-c2nocc2C(=O)Oc2cccc([C@@H](CC(=O)O)C3CC3)c2)c1.COc1ccc(F)c(/C(Cl)=N/O)c1. The zero-order valence-electron chi connectivity index (χ0n) is 64.2. The molecule has 0 saturated heterocycles. The predicted octanol–water partition coefficient (Wildman–Crippen LogP) is 16.1. The first-order valence-corrected chi connectivity index (χ1v) is 36.7. The lowest BCUT2D eigenvalue weighted by molar-refractivity contribution is -0.142. The van der Waals surface area contributed by atoms with E-state index < -0.39 is 47.3 Å². The Bertz CT molecular complexity index is 5090. The van der Waals surface area contributed by atoms with Gasteiger partial charge in [0.15, 0.2) is 5.17 Å². The number of halogens is 4. The molecule has 30 heteroatoms. The zero-order valence-corrected chi connectivity index (χ0v) is 65.0. The molecule has 4 aliphatic rings. The number of hydrogen-bond donors (Lipinski definition) is 4. The minimum Gasteiger partial charge on any atom is -0.508 e. The van der Waals surface area contributed by atoms with E-state index in [9.17, 15) is 56.9 Å². The molecular formula is C87H83ClF3N3O23. The molecule has 2 heterocycles. The van der Waals surface area contributed by atoms with Crippen LogP contribution in [0.5, 0.6) is 40.2 Å². The van der Waals surface area contributed by atoms with Crippen molar-refractivity contribution < 1.29 is 124 Å². The fourth-order valence-corrected chi connectivity index (χ4v) is 12.6. The number of benzene rings is 7. The molecule has 4 saturated carbocycles. The quantitative estimate of drug-likeness (QED) is 0.00543. The molecule has 26 nitrogen and oxygen atoms in total. The van der Waals surface area contributed by atoms with Crippen molar-refractivity contribution in [3.63, 3.8) is 0 Å². The van der Waals surface area contributed by atoms with Crippen molar-refractivity contribution in [1.82, 2.24) is 10.3 Å². The van der Waals surface area contributed by atoms with Gasteiger partial charge in [0, 0.05) is 23.0 Å². The van der Waals surface area contributed by atoms with E-state index in [4.69, 9.17) is 84.8 Å². The van der Waals surface area contributed by atoms with Crippen LogP contribution in [0.4, 0.5) is 13.2 Å². The number of aromatic nitrogens is 2. The highest BCUT2D eigenvalue weighted by Crippen LogP contribution is 2.49. The third-order valence-electron chi connectivity index (χ3n) is 19.0. The first-order chi connectivity index (χ1) is 56.2. The largest absolute Gasteiger partial charge is 0.508 e. The number of phenolic OH excluding ortho intramolecular Hbond substituents is 1. The number of rotatable bonds is 27. The zero-order chi connectivity index (χ0) is 84.8. The van der Waals surface area contributed by atoms with Gasteiger partial charge in [-0.05, 0) is 224 Å². The monoisotopic (exact) mass is 1630 g/mol. The number of hydrogen-bond acceptors (Lipinski definition) is 24. The smallest absolute Gasteiger partial charge is 0.389 e. The third kappa shape index (κ3) is 27.1. The van der Waals surface area contributed by atoms with E-state index in [0.29, 0.717) is 65.3 Å². The van der Waals surface area contributed by atoms with Crippen molar-refractivity contribution in [1.29, 1.82) is 0 Å². The van der Waals surface area contributed by atoms with E-state index in [1.165, 1.54) is 103 Å². The first kappa shape index (κ1) is 89.1. The maximum absolute atomic E-state index is 14.4. The van der Waals surface area contributed by atoms with Crippen LogP contribution in [-0.4, -0.2) is 126 Å². The van der Waals surface area contributed by atoms with Gasteiger partial charge >= 0.3 is 47.8 Å². The van der Waals surface area contributed by atoms with Crippen LogP contribution in [0.15, 0.2) is 178 Å². The molecule has 0 bridgehead atoms.